The zero-order valence-corrected chi connectivity index (χ0v) is 18.7. The summed E-state index contributed by atoms with van der Waals surface area (Å²) in [5, 5.41) is 3.06. The van der Waals surface area contributed by atoms with Crippen molar-refractivity contribution in [1.82, 2.24) is 0 Å². The van der Waals surface area contributed by atoms with Crippen molar-refractivity contribution in [2.45, 2.75) is 32.7 Å². The molecule has 2 amide bonds. The van der Waals surface area contributed by atoms with Gasteiger partial charge in [0.15, 0.2) is 0 Å². The van der Waals surface area contributed by atoms with Gasteiger partial charge in [0.25, 0.3) is 5.91 Å². The lowest BCUT2D eigenvalue weighted by atomic mass is 9.96. The van der Waals surface area contributed by atoms with Gasteiger partial charge in [0.1, 0.15) is 11.6 Å². The van der Waals surface area contributed by atoms with Crippen LogP contribution in [0.2, 0.25) is 0 Å². The average molecular weight is 446 g/mol. The Morgan fingerprint density at radius 3 is 2.71 bits per heavy atom. The predicted molar refractivity (Wildman–Crippen MR) is 120 cm³/mol. The highest BCUT2D eigenvalue weighted by atomic mass is 32.1. The van der Waals surface area contributed by atoms with Crippen molar-refractivity contribution in [3.05, 3.63) is 45.8 Å². The molecule has 9 heteroatoms. The molecule has 2 aromatic rings. The van der Waals surface area contributed by atoms with Crippen molar-refractivity contribution >= 4 is 39.8 Å². The molecule has 166 valence electrons. The van der Waals surface area contributed by atoms with Crippen LogP contribution in [0.3, 0.4) is 0 Å². The molecule has 0 spiro atoms. The van der Waals surface area contributed by atoms with Crippen LogP contribution in [0.1, 0.15) is 44.5 Å². The van der Waals surface area contributed by atoms with Crippen LogP contribution in [-0.2, 0) is 20.7 Å². The molecule has 1 atom stereocenters. The summed E-state index contributed by atoms with van der Waals surface area (Å²) in [6.45, 7) is 4.13. The highest BCUT2D eigenvalue weighted by Crippen LogP contribution is 2.34. The molecule has 1 aromatic carbocycles. The Kier molecular flexibility index (Phi) is 7.29. The number of primary amides is 1. The van der Waals surface area contributed by atoms with Gasteiger partial charge in [0.2, 0.25) is 5.91 Å². The number of benzene rings is 1. The van der Waals surface area contributed by atoms with Gasteiger partial charge >= 0.3 is 5.97 Å². The Bertz CT molecular complexity index is 988. The van der Waals surface area contributed by atoms with E-state index >= 15 is 0 Å². The van der Waals surface area contributed by atoms with Crippen molar-refractivity contribution in [2.24, 2.45) is 5.73 Å². The SMILES string of the molecule is COCCOC(=O)c1c(NC(=O)CN2c3ccccc3CC[C@@H]2C)sc(C(N)=O)c1C. The van der Waals surface area contributed by atoms with Gasteiger partial charge in [-0.15, -0.1) is 11.3 Å². The summed E-state index contributed by atoms with van der Waals surface area (Å²) in [4.78, 5) is 39.6. The number of fused-ring (bicyclic) bond motifs is 1. The molecule has 1 aliphatic rings. The van der Waals surface area contributed by atoms with Crippen LogP contribution < -0.4 is 16.0 Å². The Morgan fingerprint density at radius 1 is 1.26 bits per heavy atom. The number of carbonyl (C=O) groups excluding carboxylic acids is 3. The van der Waals surface area contributed by atoms with E-state index in [0.717, 1.165) is 29.9 Å². The van der Waals surface area contributed by atoms with Gasteiger partial charge in [-0.2, -0.15) is 0 Å². The number of esters is 1. The van der Waals surface area contributed by atoms with Gasteiger partial charge in [-0.1, -0.05) is 18.2 Å². The fraction of sp³-hybridized carbons (Fsp3) is 0.409. The highest BCUT2D eigenvalue weighted by Gasteiger charge is 2.28. The van der Waals surface area contributed by atoms with Crippen LogP contribution in [0, 0.1) is 6.92 Å². The lowest BCUT2D eigenvalue weighted by Gasteiger charge is -2.36. The van der Waals surface area contributed by atoms with Crippen molar-refractivity contribution in [1.29, 1.82) is 0 Å². The number of rotatable bonds is 8. The maximum atomic E-state index is 12.9. The van der Waals surface area contributed by atoms with Gasteiger partial charge in [-0.25, -0.2) is 4.79 Å². The largest absolute Gasteiger partial charge is 0.460 e. The number of thiophene rings is 1. The molecule has 31 heavy (non-hydrogen) atoms. The molecular formula is C22H27N3O5S. The Labute approximate surface area is 185 Å². The first-order valence-electron chi connectivity index (χ1n) is 10.1. The molecule has 3 N–H and O–H groups in total. The van der Waals surface area contributed by atoms with Gasteiger partial charge in [0, 0.05) is 18.8 Å². The maximum Gasteiger partial charge on any atom is 0.341 e. The van der Waals surface area contributed by atoms with Gasteiger partial charge in [0.05, 0.1) is 23.6 Å². The number of hydrogen-bond acceptors (Lipinski definition) is 7. The van der Waals surface area contributed by atoms with E-state index in [4.69, 9.17) is 15.2 Å². The third-order valence-electron chi connectivity index (χ3n) is 5.33. The van der Waals surface area contributed by atoms with E-state index in [1.54, 1.807) is 6.92 Å². The normalized spacial score (nSPS) is 15.3. The number of nitrogens with two attached hydrogens (primary N) is 1. The molecule has 0 unspecified atom stereocenters. The van der Waals surface area contributed by atoms with Crippen LogP contribution in [0.15, 0.2) is 24.3 Å². The number of nitrogens with one attached hydrogen (secondary N) is 1. The third-order valence-corrected chi connectivity index (χ3v) is 6.55. The second kappa shape index (κ2) is 9.93. The molecular weight excluding hydrogens is 418 g/mol. The van der Waals surface area contributed by atoms with Gasteiger partial charge < -0.3 is 25.4 Å². The lowest BCUT2D eigenvalue weighted by molar-refractivity contribution is -0.115. The van der Waals surface area contributed by atoms with Crippen LogP contribution >= 0.6 is 11.3 Å². The summed E-state index contributed by atoms with van der Waals surface area (Å²) in [6, 6.07) is 8.23. The standard InChI is InChI=1S/C22H27N3O5S/c1-13-8-9-15-6-4-5-7-16(15)25(13)12-17(26)24-21-18(22(28)30-11-10-29-3)14(2)19(31-21)20(23)27/h4-7,13H,8-12H2,1-3H3,(H2,23,27)(H,24,26)/t13-/m0/s1. The smallest absolute Gasteiger partial charge is 0.341 e. The summed E-state index contributed by atoms with van der Waals surface area (Å²) in [5.41, 5.74) is 8.24. The highest BCUT2D eigenvalue weighted by molar-refractivity contribution is 7.18. The summed E-state index contributed by atoms with van der Waals surface area (Å²) < 4.78 is 10.1. The van der Waals surface area contributed by atoms with Gasteiger partial charge in [-0.3, -0.25) is 9.59 Å². The molecule has 3 rings (SSSR count). The zero-order chi connectivity index (χ0) is 22.5. The van der Waals surface area contributed by atoms with E-state index in [1.165, 1.54) is 12.7 Å². The van der Waals surface area contributed by atoms with Crippen LogP contribution in [0.5, 0.6) is 0 Å². The van der Waals surface area contributed by atoms with Crippen LogP contribution in [0.4, 0.5) is 10.7 Å². The summed E-state index contributed by atoms with van der Waals surface area (Å²) in [5.74, 6) is -1.58. The van der Waals surface area contributed by atoms with E-state index in [2.05, 4.69) is 23.2 Å². The Hall–Kier alpha value is -2.91. The molecule has 0 aliphatic carbocycles. The summed E-state index contributed by atoms with van der Waals surface area (Å²) >= 11 is 0.981. The molecule has 8 nitrogen and oxygen atoms in total. The minimum atomic E-state index is -0.660. The first kappa shape index (κ1) is 22.8. The monoisotopic (exact) mass is 445 g/mol. The Balaban J connectivity index is 1.81. The molecule has 2 heterocycles. The molecule has 0 saturated carbocycles. The summed E-state index contributed by atoms with van der Waals surface area (Å²) in [6.07, 6.45) is 1.92. The van der Waals surface area contributed by atoms with Crippen LogP contribution in [-0.4, -0.2) is 50.7 Å². The van der Waals surface area contributed by atoms with Crippen molar-refractivity contribution in [3.8, 4) is 0 Å². The number of hydrogen-bond donors (Lipinski definition) is 2. The van der Waals surface area contributed by atoms with Crippen molar-refractivity contribution in [2.75, 3.05) is 37.1 Å². The fourth-order valence-electron chi connectivity index (χ4n) is 3.69. The molecule has 0 saturated heterocycles. The number of aryl methyl sites for hydroxylation is 1. The summed E-state index contributed by atoms with van der Waals surface area (Å²) in [7, 11) is 1.50. The minimum absolute atomic E-state index is 0.0615. The first-order chi connectivity index (χ1) is 14.8. The number of nitrogens with zero attached hydrogens (tertiary/aromatic N) is 1. The Morgan fingerprint density at radius 2 is 2.00 bits per heavy atom. The fourth-order valence-corrected chi connectivity index (χ4v) is 4.76. The quantitative estimate of drug-likeness (QED) is 0.477. The predicted octanol–water partition coefficient (Wildman–Crippen LogP) is 2.74. The van der Waals surface area contributed by atoms with Crippen molar-refractivity contribution < 1.29 is 23.9 Å². The lowest BCUT2D eigenvalue weighted by Crippen LogP contribution is -2.42. The van der Waals surface area contributed by atoms with E-state index in [0.29, 0.717) is 5.56 Å². The third kappa shape index (κ3) is 5.05. The molecule has 1 aromatic heterocycles. The molecule has 0 fully saturated rings. The molecule has 0 bridgehead atoms. The van der Waals surface area contributed by atoms with E-state index in [-0.39, 0.29) is 47.1 Å². The first-order valence-corrected chi connectivity index (χ1v) is 10.9. The van der Waals surface area contributed by atoms with E-state index < -0.39 is 11.9 Å². The number of carbonyl (C=O) groups is 3. The second-order valence-electron chi connectivity index (χ2n) is 7.45. The molecule has 1 aliphatic heterocycles. The number of ether oxygens (including phenoxy) is 2. The number of para-hydroxylation sites is 1. The van der Waals surface area contributed by atoms with E-state index in [9.17, 15) is 14.4 Å². The van der Waals surface area contributed by atoms with Gasteiger partial charge in [-0.05, 0) is 43.9 Å². The zero-order valence-electron chi connectivity index (χ0n) is 17.9. The number of anilines is 2. The number of amides is 2. The average Bonchev–Trinajstić information content (AvgIpc) is 3.06. The van der Waals surface area contributed by atoms with Crippen LogP contribution in [0.25, 0.3) is 0 Å². The minimum Gasteiger partial charge on any atom is -0.460 e. The second-order valence-corrected chi connectivity index (χ2v) is 8.47. The van der Waals surface area contributed by atoms with Crippen molar-refractivity contribution in [3.63, 3.8) is 0 Å². The van der Waals surface area contributed by atoms with E-state index in [1.807, 2.05) is 18.2 Å². The topological polar surface area (TPSA) is 111 Å². The molecule has 0 radical (unpaired) electrons. The number of methoxy groups -OCH3 is 1. The maximum absolute atomic E-state index is 12.9.